The van der Waals surface area contributed by atoms with Gasteiger partial charge in [0.1, 0.15) is 0 Å². The molecule has 0 aliphatic carbocycles. The second-order valence-corrected chi connectivity index (χ2v) is 7.61. The SMILES string of the molecule is O=C1CCC(=O)N1CC(O)CN1CCCN(c2ccc(Cl)c(Cl)c2)CC1. The number of carbonyl (C=O) groups excluding carboxylic acids is 2. The van der Waals surface area contributed by atoms with Crippen LogP contribution in [0.4, 0.5) is 5.69 Å². The molecule has 0 spiro atoms. The molecule has 3 rings (SSSR count). The minimum atomic E-state index is -0.725. The number of halogens is 2. The highest BCUT2D eigenvalue weighted by atomic mass is 35.5. The first-order valence-electron chi connectivity index (χ1n) is 8.87. The van der Waals surface area contributed by atoms with Gasteiger partial charge in [0.15, 0.2) is 0 Å². The molecule has 2 amide bonds. The minimum Gasteiger partial charge on any atom is -0.390 e. The number of hydrogen-bond donors (Lipinski definition) is 1. The van der Waals surface area contributed by atoms with E-state index in [1.807, 2.05) is 12.1 Å². The summed E-state index contributed by atoms with van der Waals surface area (Å²) in [6, 6.07) is 5.64. The van der Waals surface area contributed by atoms with E-state index in [1.54, 1.807) is 6.07 Å². The third kappa shape index (κ3) is 4.68. The van der Waals surface area contributed by atoms with Crippen LogP contribution in [0.5, 0.6) is 0 Å². The molecule has 0 radical (unpaired) electrons. The number of benzene rings is 1. The van der Waals surface area contributed by atoms with E-state index in [1.165, 1.54) is 4.90 Å². The fraction of sp³-hybridized carbons (Fsp3) is 0.556. The van der Waals surface area contributed by atoms with Crippen LogP contribution >= 0.6 is 23.2 Å². The predicted octanol–water partition coefficient (Wildman–Crippen LogP) is 2.02. The number of imide groups is 1. The minimum absolute atomic E-state index is 0.0880. The highest BCUT2D eigenvalue weighted by molar-refractivity contribution is 6.42. The zero-order valence-electron chi connectivity index (χ0n) is 14.5. The number of aliphatic hydroxyl groups excluding tert-OH is 1. The second kappa shape index (κ2) is 8.57. The number of nitrogens with zero attached hydrogens (tertiary/aromatic N) is 3. The van der Waals surface area contributed by atoms with Gasteiger partial charge in [-0.15, -0.1) is 0 Å². The molecule has 0 bridgehead atoms. The van der Waals surface area contributed by atoms with Crippen LogP contribution in [0.3, 0.4) is 0 Å². The lowest BCUT2D eigenvalue weighted by molar-refractivity contribution is -0.140. The van der Waals surface area contributed by atoms with E-state index >= 15 is 0 Å². The summed E-state index contributed by atoms with van der Waals surface area (Å²) in [6.45, 7) is 3.90. The number of rotatable bonds is 5. The van der Waals surface area contributed by atoms with Gasteiger partial charge in [-0.05, 0) is 31.2 Å². The first-order valence-corrected chi connectivity index (χ1v) is 9.63. The Balaban J connectivity index is 1.52. The van der Waals surface area contributed by atoms with Gasteiger partial charge in [-0.3, -0.25) is 19.4 Å². The number of hydrogen-bond acceptors (Lipinski definition) is 5. The predicted molar refractivity (Wildman–Crippen MR) is 102 cm³/mol. The summed E-state index contributed by atoms with van der Waals surface area (Å²) in [5.41, 5.74) is 1.04. The largest absolute Gasteiger partial charge is 0.390 e. The highest BCUT2D eigenvalue weighted by Crippen LogP contribution is 2.27. The lowest BCUT2D eigenvalue weighted by atomic mass is 10.2. The molecule has 1 unspecified atom stereocenters. The zero-order chi connectivity index (χ0) is 18.7. The van der Waals surface area contributed by atoms with E-state index in [4.69, 9.17) is 23.2 Å². The Hall–Kier alpha value is -1.34. The van der Waals surface area contributed by atoms with Crippen LogP contribution in [-0.2, 0) is 9.59 Å². The van der Waals surface area contributed by atoms with Crippen LogP contribution in [0.25, 0.3) is 0 Å². The van der Waals surface area contributed by atoms with Crippen molar-refractivity contribution in [3.8, 4) is 0 Å². The lowest BCUT2D eigenvalue weighted by Gasteiger charge is -2.26. The van der Waals surface area contributed by atoms with Crippen molar-refractivity contribution in [3.05, 3.63) is 28.2 Å². The molecule has 1 atom stereocenters. The maximum atomic E-state index is 11.7. The number of β-amino-alcohol motifs (C(OH)–C–C–N with tert-alkyl or cyclic N) is 1. The third-order valence-electron chi connectivity index (χ3n) is 4.87. The molecular weight excluding hydrogens is 377 g/mol. The maximum Gasteiger partial charge on any atom is 0.229 e. The van der Waals surface area contributed by atoms with Gasteiger partial charge in [0.05, 0.1) is 22.7 Å². The topological polar surface area (TPSA) is 64.1 Å². The lowest BCUT2D eigenvalue weighted by Crippen LogP contribution is -2.43. The Morgan fingerprint density at radius 1 is 0.962 bits per heavy atom. The summed E-state index contributed by atoms with van der Waals surface area (Å²) in [5.74, 6) is -0.369. The number of likely N-dealkylation sites (tertiary alicyclic amines) is 1. The fourth-order valence-electron chi connectivity index (χ4n) is 3.49. The van der Waals surface area contributed by atoms with Crippen LogP contribution in [0.15, 0.2) is 18.2 Å². The van der Waals surface area contributed by atoms with E-state index in [-0.39, 0.29) is 31.2 Å². The molecular formula is C18H23Cl2N3O3. The smallest absolute Gasteiger partial charge is 0.229 e. The van der Waals surface area contributed by atoms with Gasteiger partial charge in [0.2, 0.25) is 11.8 Å². The average Bonchev–Trinajstić information content (AvgIpc) is 2.80. The molecule has 26 heavy (non-hydrogen) atoms. The fourth-order valence-corrected chi connectivity index (χ4v) is 3.78. The molecule has 0 aromatic heterocycles. The van der Waals surface area contributed by atoms with Gasteiger partial charge < -0.3 is 10.0 Å². The molecule has 2 fully saturated rings. The Morgan fingerprint density at radius 3 is 2.38 bits per heavy atom. The van der Waals surface area contributed by atoms with Gasteiger partial charge in [-0.25, -0.2) is 0 Å². The van der Waals surface area contributed by atoms with Gasteiger partial charge in [0, 0.05) is 44.7 Å². The molecule has 142 valence electrons. The molecule has 2 heterocycles. The summed E-state index contributed by atoms with van der Waals surface area (Å²) < 4.78 is 0. The van der Waals surface area contributed by atoms with Crippen LogP contribution in [0.1, 0.15) is 19.3 Å². The first-order chi connectivity index (χ1) is 12.4. The van der Waals surface area contributed by atoms with E-state index < -0.39 is 6.10 Å². The Bertz CT molecular complexity index is 670. The van der Waals surface area contributed by atoms with Gasteiger partial charge in [-0.2, -0.15) is 0 Å². The van der Waals surface area contributed by atoms with E-state index in [9.17, 15) is 14.7 Å². The molecule has 2 aliphatic heterocycles. The summed E-state index contributed by atoms with van der Waals surface area (Å²) >= 11 is 12.1. The number of aliphatic hydroxyl groups is 1. The first kappa shape index (κ1) is 19.4. The van der Waals surface area contributed by atoms with Crippen molar-refractivity contribution < 1.29 is 14.7 Å². The third-order valence-corrected chi connectivity index (χ3v) is 5.61. The quantitative estimate of drug-likeness (QED) is 0.767. The number of carbonyl (C=O) groups is 2. The van der Waals surface area contributed by atoms with Gasteiger partial charge >= 0.3 is 0 Å². The van der Waals surface area contributed by atoms with Crippen molar-refractivity contribution in [1.29, 1.82) is 0 Å². The van der Waals surface area contributed by atoms with Crippen molar-refractivity contribution in [2.75, 3.05) is 44.2 Å². The second-order valence-electron chi connectivity index (χ2n) is 6.79. The summed E-state index contributed by atoms with van der Waals surface area (Å²) in [6.07, 6.45) is 0.744. The molecule has 1 N–H and O–H groups in total. The monoisotopic (exact) mass is 399 g/mol. The van der Waals surface area contributed by atoms with E-state index in [0.717, 1.165) is 38.3 Å². The van der Waals surface area contributed by atoms with Crippen molar-refractivity contribution >= 4 is 40.7 Å². The standard InChI is InChI=1S/C18H23Cl2N3O3/c19-15-3-2-13(10-16(15)20)22-7-1-6-21(8-9-22)11-14(24)12-23-17(25)4-5-18(23)26/h2-3,10,14,24H,1,4-9,11-12H2. The van der Waals surface area contributed by atoms with Gasteiger partial charge in [0.25, 0.3) is 0 Å². The van der Waals surface area contributed by atoms with Crippen molar-refractivity contribution in [3.63, 3.8) is 0 Å². The number of amides is 2. The van der Waals surface area contributed by atoms with Crippen molar-refractivity contribution in [2.24, 2.45) is 0 Å². The molecule has 2 aliphatic rings. The summed E-state index contributed by atoms with van der Waals surface area (Å²) in [4.78, 5) is 29.0. The van der Waals surface area contributed by atoms with Crippen molar-refractivity contribution in [1.82, 2.24) is 9.80 Å². The molecule has 8 heteroatoms. The summed E-state index contributed by atoms with van der Waals surface area (Å²) in [7, 11) is 0. The van der Waals surface area contributed by atoms with E-state index in [2.05, 4.69) is 9.80 Å². The van der Waals surface area contributed by atoms with Crippen LogP contribution in [0, 0.1) is 0 Å². The Kier molecular flexibility index (Phi) is 6.40. The summed E-state index contributed by atoms with van der Waals surface area (Å²) in [5, 5.41) is 11.4. The van der Waals surface area contributed by atoms with Crippen molar-refractivity contribution in [2.45, 2.75) is 25.4 Å². The molecule has 1 aromatic rings. The van der Waals surface area contributed by atoms with Gasteiger partial charge in [-0.1, -0.05) is 23.2 Å². The van der Waals surface area contributed by atoms with Crippen LogP contribution < -0.4 is 4.90 Å². The Labute approximate surface area is 163 Å². The highest BCUT2D eigenvalue weighted by Gasteiger charge is 2.31. The molecule has 2 saturated heterocycles. The van der Waals surface area contributed by atoms with Crippen LogP contribution in [0.2, 0.25) is 10.0 Å². The molecule has 1 aromatic carbocycles. The molecule has 6 nitrogen and oxygen atoms in total. The average molecular weight is 400 g/mol. The van der Waals surface area contributed by atoms with Crippen LogP contribution in [-0.4, -0.2) is 72.1 Å². The molecule has 0 saturated carbocycles. The van der Waals surface area contributed by atoms with E-state index in [0.29, 0.717) is 16.6 Å². The normalized spacial score (nSPS) is 20.6. The Morgan fingerprint density at radius 2 is 1.69 bits per heavy atom. The maximum absolute atomic E-state index is 11.7. The zero-order valence-corrected chi connectivity index (χ0v) is 16.0. The number of anilines is 1.